The number of morpholine rings is 1. The molecule has 5 rings (SSSR count). The van der Waals surface area contributed by atoms with Crippen molar-refractivity contribution in [1.82, 2.24) is 19.9 Å². The van der Waals surface area contributed by atoms with Crippen LogP contribution < -0.4 is 5.73 Å². The van der Waals surface area contributed by atoms with Crippen molar-refractivity contribution >= 4 is 34.9 Å². The molecule has 2 atom stereocenters. The van der Waals surface area contributed by atoms with Crippen LogP contribution in [0.25, 0.3) is 22.1 Å². The van der Waals surface area contributed by atoms with Crippen molar-refractivity contribution in [3.05, 3.63) is 51.9 Å². The van der Waals surface area contributed by atoms with Crippen molar-refractivity contribution < 1.29 is 28.6 Å². The third-order valence-electron chi connectivity index (χ3n) is 6.98. The zero-order valence-corrected chi connectivity index (χ0v) is 22.7. The summed E-state index contributed by atoms with van der Waals surface area (Å²) in [5, 5.41) is 12.6. The second-order valence-electron chi connectivity index (χ2n) is 9.75. The lowest BCUT2D eigenvalue weighted by molar-refractivity contribution is -0.148. The Hall–Kier alpha value is -3.03. The van der Waals surface area contributed by atoms with Crippen molar-refractivity contribution in [3.63, 3.8) is 0 Å². The summed E-state index contributed by atoms with van der Waals surface area (Å²) in [4.78, 5) is 40.5. The van der Waals surface area contributed by atoms with E-state index < -0.39 is 17.3 Å². The van der Waals surface area contributed by atoms with E-state index in [2.05, 4.69) is 19.9 Å². The molecular formula is C26H27ClFN5O5S. The molecule has 0 amide bonds. The van der Waals surface area contributed by atoms with Gasteiger partial charge in [0.1, 0.15) is 11.4 Å². The Morgan fingerprint density at radius 2 is 2.05 bits per heavy atom. The molecule has 2 aliphatic rings. The van der Waals surface area contributed by atoms with E-state index in [1.54, 1.807) is 18.5 Å². The number of nitrogens with zero attached hydrogens (tertiary/aromatic N) is 4. The summed E-state index contributed by atoms with van der Waals surface area (Å²) in [6.07, 6.45) is 2.63. The van der Waals surface area contributed by atoms with Gasteiger partial charge in [-0.1, -0.05) is 11.6 Å². The Labute approximate surface area is 232 Å². The Morgan fingerprint density at radius 1 is 1.31 bits per heavy atom. The second-order valence-corrected chi connectivity index (χ2v) is 11.1. The van der Waals surface area contributed by atoms with E-state index in [1.165, 1.54) is 23.5 Å². The number of carbonyl (C=O) groups excluding carboxylic acids is 1. The number of aromatic carboxylic acids is 1. The van der Waals surface area contributed by atoms with E-state index in [0.717, 1.165) is 6.07 Å². The first-order valence-electron chi connectivity index (χ1n) is 12.4. The molecular weight excluding hydrogens is 549 g/mol. The first-order valence-corrected chi connectivity index (χ1v) is 13.7. The number of carboxylic acids is 1. The Bertz CT molecular complexity index is 1380. The predicted octanol–water partition coefficient (Wildman–Crippen LogP) is 3.77. The minimum atomic E-state index is -1.24. The molecule has 2 bridgehead atoms. The van der Waals surface area contributed by atoms with Crippen molar-refractivity contribution in [2.75, 3.05) is 19.8 Å². The number of benzene rings is 1. The van der Waals surface area contributed by atoms with Gasteiger partial charge in [-0.3, -0.25) is 9.69 Å². The number of thiazole rings is 1. The molecule has 1 aromatic carbocycles. The number of esters is 1. The first kappa shape index (κ1) is 27.5. The maximum absolute atomic E-state index is 13.8. The fraction of sp³-hybridized carbons (Fsp3) is 0.423. The third kappa shape index (κ3) is 5.80. The SMILES string of the molecule is CCOC(=O)CC1(N)CC2COCC(C1)N2Cc1nc(-c2nccs2)nc(-c2ccc(F)cc2Cl)c1C(=O)O. The number of hydrogen-bond donors (Lipinski definition) is 2. The smallest absolute Gasteiger partial charge is 0.339 e. The molecule has 0 saturated carbocycles. The van der Waals surface area contributed by atoms with Gasteiger partial charge in [-0.05, 0) is 38.0 Å². The molecule has 2 saturated heterocycles. The van der Waals surface area contributed by atoms with E-state index in [0.29, 0.717) is 31.1 Å². The molecule has 0 aliphatic carbocycles. The van der Waals surface area contributed by atoms with E-state index in [1.807, 2.05) is 0 Å². The van der Waals surface area contributed by atoms with Crippen molar-refractivity contribution in [1.29, 1.82) is 0 Å². The number of rotatable bonds is 8. The number of ether oxygens (including phenoxy) is 2. The largest absolute Gasteiger partial charge is 0.478 e. The van der Waals surface area contributed by atoms with Crippen LogP contribution in [-0.4, -0.2) is 74.3 Å². The fourth-order valence-electron chi connectivity index (χ4n) is 5.43. The molecule has 3 aromatic rings. The number of halogens is 2. The maximum atomic E-state index is 13.8. The number of aromatic nitrogens is 3. The molecule has 206 valence electrons. The zero-order chi connectivity index (χ0) is 27.7. The third-order valence-corrected chi connectivity index (χ3v) is 8.07. The van der Waals surface area contributed by atoms with Gasteiger partial charge in [0.05, 0.1) is 42.7 Å². The highest BCUT2D eigenvalue weighted by Crippen LogP contribution is 2.38. The van der Waals surface area contributed by atoms with Gasteiger partial charge in [0.25, 0.3) is 0 Å². The van der Waals surface area contributed by atoms with Crippen LogP contribution in [0.15, 0.2) is 29.8 Å². The summed E-state index contributed by atoms with van der Waals surface area (Å²) < 4.78 is 24.8. The number of piperidine rings is 1. The van der Waals surface area contributed by atoms with Crippen molar-refractivity contribution in [2.45, 2.75) is 50.4 Å². The van der Waals surface area contributed by atoms with Gasteiger partial charge < -0.3 is 20.3 Å². The molecule has 2 unspecified atom stereocenters. The molecule has 3 N–H and O–H groups in total. The lowest BCUT2D eigenvalue weighted by Gasteiger charge is -2.52. The van der Waals surface area contributed by atoms with Crippen LogP contribution in [0.5, 0.6) is 0 Å². The molecule has 0 spiro atoms. The number of fused-ring (bicyclic) bond motifs is 2. The van der Waals surface area contributed by atoms with Crippen LogP contribution in [-0.2, 0) is 20.8 Å². The molecule has 0 radical (unpaired) electrons. The van der Waals surface area contributed by atoms with E-state index >= 15 is 0 Å². The fourth-order valence-corrected chi connectivity index (χ4v) is 6.26. The summed E-state index contributed by atoms with van der Waals surface area (Å²) in [7, 11) is 0. The monoisotopic (exact) mass is 575 g/mol. The zero-order valence-electron chi connectivity index (χ0n) is 21.1. The number of carboxylic acid groups (broad SMARTS) is 1. The van der Waals surface area contributed by atoms with Crippen LogP contribution in [0.2, 0.25) is 5.02 Å². The van der Waals surface area contributed by atoms with Gasteiger partial charge in [-0.15, -0.1) is 11.3 Å². The Balaban J connectivity index is 1.55. The average molecular weight is 576 g/mol. The van der Waals surface area contributed by atoms with Gasteiger partial charge in [0.2, 0.25) is 0 Å². The summed E-state index contributed by atoms with van der Waals surface area (Å²) in [6.45, 7) is 2.96. The molecule has 2 aromatic heterocycles. The molecule has 39 heavy (non-hydrogen) atoms. The van der Waals surface area contributed by atoms with Crippen LogP contribution >= 0.6 is 22.9 Å². The Kier molecular flexibility index (Phi) is 7.92. The van der Waals surface area contributed by atoms with Crippen LogP contribution in [0.4, 0.5) is 4.39 Å². The molecule has 4 heterocycles. The first-order chi connectivity index (χ1) is 18.7. The molecule has 2 aliphatic heterocycles. The van der Waals surface area contributed by atoms with Gasteiger partial charge in [-0.2, -0.15) is 0 Å². The van der Waals surface area contributed by atoms with E-state index in [9.17, 15) is 19.1 Å². The predicted molar refractivity (Wildman–Crippen MR) is 142 cm³/mol. The van der Waals surface area contributed by atoms with E-state index in [-0.39, 0.29) is 71.0 Å². The van der Waals surface area contributed by atoms with Gasteiger partial charge in [0.15, 0.2) is 10.8 Å². The minimum Gasteiger partial charge on any atom is -0.478 e. The van der Waals surface area contributed by atoms with Gasteiger partial charge >= 0.3 is 11.9 Å². The minimum absolute atomic E-state index is 0.0300. The molecule has 2 fully saturated rings. The van der Waals surface area contributed by atoms with Gasteiger partial charge in [0, 0.05) is 41.3 Å². The summed E-state index contributed by atoms with van der Waals surface area (Å²) >= 11 is 7.66. The molecule has 10 nitrogen and oxygen atoms in total. The highest BCUT2D eigenvalue weighted by molar-refractivity contribution is 7.13. The van der Waals surface area contributed by atoms with Gasteiger partial charge in [-0.25, -0.2) is 24.1 Å². The number of carbonyl (C=O) groups is 2. The van der Waals surface area contributed by atoms with Crippen molar-refractivity contribution in [3.8, 4) is 22.1 Å². The lowest BCUT2D eigenvalue weighted by atomic mass is 9.77. The highest BCUT2D eigenvalue weighted by atomic mass is 35.5. The van der Waals surface area contributed by atoms with Crippen LogP contribution in [0.3, 0.4) is 0 Å². The highest BCUT2D eigenvalue weighted by Gasteiger charge is 2.46. The van der Waals surface area contributed by atoms with Crippen LogP contribution in [0, 0.1) is 5.82 Å². The number of hydrogen-bond acceptors (Lipinski definition) is 10. The number of nitrogens with two attached hydrogens (primary N) is 1. The Morgan fingerprint density at radius 3 is 2.67 bits per heavy atom. The van der Waals surface area contributed by atoms with E-state index in [4.69, 9.17) is 26.8 Å². The quantitative estimate of drug-likeness (QED) is 0.381. The average Bonchev–Trinajstić information content (AvgIpc) is 3.39. The standard InChI is InChI=1S/C26H27ClFN5O5S/c1-2-38-20(34)10-26(29)8-15-12-37-13-16(9-26)33(15)11-19-21(25(35)36)22(17-4-3-14(28)7-18(17)27)32-23(31-19)24-30-5-6-39-24/h3-7,15-16H,2,8-13,29H2,1H3,(H,35,36). The molecule has 13 heteroatoms. The maximum Gasteiger partial charge on any atom is 0.339 e. The summed E-state index contributed by atoms with van der Waals surface area (Å²) in [6, 6.07) is 3.38. The topological polar surface area (TPSA) is 141 Å². The second kappa shape index (κ2) is 11.2. The van der Waals surface area contributed by atoms with Crippen molar-refractivity contribution in [2.24, 2.45) is 5.73 Å². The summed E-state index contributed by atoms with van der Waals surface area (Å²) in [5.74, 6) is -1.89. The normalized spacial score (nSPS) is 23.0. The lowest BCUT2D eigenvalue weighted by Crippen LogP contribution is -2.64. The summed E-state index contributed by atoms with van der Waals surface area (Å²) in [5.41, 5.74) is 6.41. The van der Waals surface area contributed by atoms with Crippen LogP contribution in [0.1, 0.15) is 42.2 Å².